The fourth-order valence-corrected chi connectivity index (χ4v) is 5.76. The van der Waals surface area contributed by atoms with Gasteiger partial charge in [0.15, 0.2) is 23.1 Å². The summed E-state index contributed by atoms with van der Waals surface area (Å²) in [4.78, 5) is 0. The molecule has 0 saturated heterocycles. The molecule has 0 radical (unpaired) electrons. The van der Waals surface area contributed by atoms with Crippen LogP contribution in [0, 0.1) is 23.4 Å². The predicted octanol–water partition coefficient (Wildman–Crippen LogP) is 8.47. The highest BCUT2D eigenvalue weighted by atomic mass is 19.2. The Bertz CT molecular complexity index is 1020. The van der Waals surface area contributed by atoms with Gasteiger partial charge in [-0.25, -0.2) is 8.78 Å². The van der Waals surface area contributed by atoms with Crippen LogP contribution in [0.15, 0.2) is 43.0 Å². The monoisotopic (exact) mass is 516 g/mol. The average molecular weight is 517 g/mol. The van der Waals surface area contributed by atoms with E-state index < -0.39 is 11.6 Å². The van der Waals surface area contributed by atoms with Gasteiger partial charge in [0.1, 0.15) is 0 Å². The molecule has 0 atom stereocenters. The van der Waals surface area contributed by atoms with Crippen molar-refractivity contribution in [3.8, 4) is 11.5 Å². The maximum absolute atomic E-state index is 14.9. The van der Waals surface area contributed by atoms with E-state index in [4.69, 9.17) is 14.2 Å². The third-order valence-electron chi connectivity index (χ3n) is 7.92. The smallest absolute Gasteiger partial charge is 0.200 e. The molecule has 0 bridgehead atoms. The van der Waals surface area contributed by atoms with Crippen LogP contribution in [-0.4, -0.2) is 25.9 Å². The lowest BCUT2D eigenvalue weighted by molar-refractivity contribution is 0.0325. The first kappa shape index (κ1) is 27.6. The van der Waals surface area contributed by atoms with E-state index in [1.807, 2.05) is 13.0 Å². The molecule has 3 nitrogen and oxygen atoms in total. The third kappa shape index (κ3) is 7.10. The summed E-state index contributed by atoms with van der Waals surface area (Å²) in [5.74, 6) is -1.18. The molecule has 0 heterocycles. The summed E-state index contributed by atoms with van der Waals surface area (Å²) in [6.07, 6.45) is 9.61. The predicted molar refractivity (Wildman–Crippen MR) is 140 cm³/mol. The van der Waals surface area contributed by atoms with Crippen LogP contribution in [0.1, 0.15) is 87.7 Å². The van der Waals surface area contributed by atoms with Gasteiger partial charge in [-0.15, -0.1) is 6.58 Å². The Morgan fingerprint density at radius 1 is 0.838 bits per heavy atom. The van der Waals surface area contributed by atoms with Crippen LogP contribution < -0.4 is 9.47 Å². The molecule has 2 aliphatic rings. The number of hydrogen-bond donors (Lipinski definition) is 0. The van der Waals surface area contributed by atoms with E-state index in [0.717, 1.165) is 56.9 Å². The van der Waals surface area contributed by atoms with E-state index in [1.54, 1.807) is 30.3 Å². The van der Waals surface area contributed by atoms with E-state index >= 15 is 0 Å². The Labute approximate surface area is 219 Å². The molecule has 202 valence electrons. The van der Waals surface area contributed by atoms with Crippen LogP contribution in [0.5, 0.6) is 11.5 Å². The summed E-state index contributed by atoms with van der Waals surface area (Å²) >= 11 is 0. The van der Waals surface area contributed by atoms with Crippen molar-refractivity contribution in [1.29, 1.82) is 0 Å². The molecule has 37 heavy (non-hydrogen) atoms. The number of halogens is 3. The number of benzene rings is 2. The Balaban J connectivity index is 1.26. The van der Waals surface area contributed by atoms with Crippen LogP contribution in [0.4, 0.5) is 13.2 Å². The highest BCUT2D eigenvalue weighted by Crippen LogP contribution is 2.39. The zero-order chi connectivity index (χ0) is 26.2. The van der Waals surface area contributed by atoms with Crippen molar-refractivity contribution in [2.45, 2.75) is 82.7 Å². The van der Waals surface area contributed by atoms with Gasteiger partial charge in [-0.05, 0) is 112 Å². The summed E-state index contributed by atoms with van der Waals surface area (Å²) in [7, 11) is 0. The minimum atomic E-state index is -0.885. The lowest BCUT2D eigenvalue weighted by Gasteiger charge is -2.30. The molecule has 2 saturated carbocycles. The van der Waals surface area contributed by atoms with Gasteiger partial charge in [-0.2, -0.15) is 4.39 Å². The van der Waals surface area contributed by atoms with Crippen LogP contribution >= 0.6 is 0 Å². The number of rotatable bonds is 11. The number of ether oxygens (including phenoxy) is 3. The molecular formula is C31H39F3O3. The fourth-order valence-electron chi connectivity index (χ4n) is 5.76. The van der Waals surface area contributed by atoms with E-state index in [1.165, 1.54) is 0 Å². The van der Waals surface area contributed by atoms with E-state index in [2.05, 4.69) is 6.58 Å². The van der Waals surface area contributed by atoms with Gasteiger partial charge in [-0.1, -0.05) is 18.2 Å². The zero-order valence-corrected chi connectivity index (χ0v) is 21.8. The second kappa shape index (κ2) is 13.4. The third-order valence-corrected chi connectivity index (χ3v) is 7.92. The molecule has 2 aliphatic carbocycles. The lowest BCUT2D eigenvalue weighted by Crippen LogP contribution is -2.22. The summed E-state index contributed by atoms with van der Waals surface area (Å²) in [5, 5.41) is 0. The molecule has 0 unspecified atom stereocenters. The Hall–Kier alpha value is -2.47. The zero-order valence-electron chi connectivity index (χ0n) is 21.8. The van der Waals surface area contributed by atoms with Crippen LogP contribution in [-0.2, 0) is 4.74 Å². The van der Waals surface area contributed by atoms with Crippen molar-refractivity contribution in [2.75, 3.05) is 19.8 Å². The second-order valence-corrected chi connectivity index (χ2v) is 10.4. The Kier molecular flexibility index (Phi) is 9.95. The molecular weight excluding hydrogens is 477 g/mol. The van der Waals surface area contributed by atoms with Crippen molar-refractivity contribution in [3.05, 3.63) is 71.6 Å². The maximum atomic E-state index is 14.9. The van der Waals surface area contributed by atoms with Gasteiger partial charge in [0.2, 0.25) is 5.82 Å². The highest BCUT2D eigenvalue weighted by molar-refractivity contribution is 5.34. The topological polar surface area (TPSA) is 27.7 Å². The van der Waals surface area contributed by atoms with Gasteiger partial charge in [-0.3, -0.25) is 0 Å². The SMILES string of the molecule is C=CCCOc1ccc(C2CCC(COc3ccc(C4CCC(OCC)CC4)c(F)c3F)CC2)cc1F. The van der Waals surface area contributed by atoms with Crippen molar-refractivity contribution in [2.24, 2.45) is 5.92 Å². The van der Waals surface area contributed by atoms with Crippen molar-refractivity contribution >= 4 is 0 Å². The molecule has 2 aromatic carbocycles. The minimum absolute atomic E-state index is 0.0134. The standard InChI is InChI=1S/C31H39F3O3/c1-3-5-18-36-28-16-12-24(19-27(28)32)22-8-6-21(7-9-22)20-37-29-17-15-26(30(33)31(29)34)23-10-13-25(14-11-23)35-4-2/h3,12,15-17,19,21-23,25H,1,4-11,13-14,18,20H2,2H3. The van der Waals surface area contributed by atoms with Gasteiger partial charge >= 0.3 is 0 Å². The molecule has 0 spiro atoms. The summed E-state index contributed by atoms with van der Waals surface area (Å²) in [6, 6.07) is 8.49. The molecule has 0 N–H and O–H groups in total. The first-order valence-electron chi connectivity index (χ1n) is 13.8. The van der Waals surface area contributed by atoms with E-state index in [0.29, 0.717) is 31.8 Å². The Morgan fingerprint density at radius 2 is 1.54 bits per heavy atom. The van der Waals surface area contributed by atoms with Gasteiger partial charge in [0.05, 0.1) is 19.3 Å². The largest absolute Gasteiger partial charge is 0.490 e. The molecule has 2 aromatic rings. The van der Waals surface area contributed by atoms with E-state index in [-0.39, 0.29) is 41.2 Å². The quantitative estimate of drug-likeness (QED) is 0.221. The highest BCUT2D eigenvalue weighted by Gasteiger charge is 2.28. The Morgan fingerprint density at radius 3 is 2.22 bits per heavy atom. The molecule has 0 aliphatic heterocycles. The van der Waals surface area contributed by atoms with Crippen LogP contribution in [0.3, 0.4) is 0 Å². The van der Waals surface area contributed by atoms with Gasteiger partial charge in [0, 0.05) is 6.61 Å². The first-order chi connectivity index (χ1) is 18.0. The van der Waals surface area contributed by atoms with Crippen LogP contribution in [0.2, 0.25) is 0 Å². The van der Waals surface area contributed by atoms with Crippen LogP contribution in [0.25, 0.3) is 0 Å². The minimum Gasteiger partial charge on any atom is -0.490 e. The van der Waals surface area contributed by atoms with Gasteiger partial charge in [0.25, 0.3) is 0 Å². The summed E-state index contributed by atoms with van der Waals surface area (Å²) in [6.45, 7) is 7.07. The van der Waals surface area contributed by atoms with E-state index in [9.17, 15) is 13.2 Å². The fraction of sp³-hybridized carbons (Fsp3) is 0.548. The number of hydrogen-bond acceptors (Lipinski definition) is 3. The maximum Gasteiger partial charge on any atom is 0.200 e. The normalized spacial score (nSPS) is 24.0. The van der Waals surface area contributed by atoms with Crippen molar-refractivity contribution in [1.82, 2.24) is 0 Å². The molecule has 4 rings (SSSR count). The van der Waals surface area contributed by atoms with Gasteiger partial charge < -0.3 is 14.2 Å². The van der Waals surface area contributed by atoms with Crippen molar-refractivity contribution < 1.29 is 27.4 Å². The average Bonchev–Trinajstić information content (AvgIpc) is 2.92. The molecule has 0 aromatic heterocycles. The molecule has 0 amide bonds. The summed E-state index contributed by atoms with van der Waals surface area (Å²) < 4.78 is 61.1. The molecule has 6 heteroatoms. The lowest BCUT2D eigenvalue weighted by atomic mass is 9.79. The van der Waals surface area contributed by atoms with Crippen molar-refractivity contribution in [3.63, 3.8) is 0 Å². The summed E-state index contributed by atoms with van der Waals surface area (Å²) in [5.41, 5.74) is 1.43. The first-order valence-corrected chi connectivity index (χ1v) is 13.8. The second-order valence-electron chi connectivity index (χ2n) is 10.4. The molecule has 2 fully saturated rings.